The highest BCUT2D eigenvalue weighted by Crippen LogP contribution is 2.17. The molecule has 1 saturated heterocycles. The van der Waals surface area contributed by atoms with Crippen LogP contribution in [0.15, 0.2) is 12.1 Å². The van der Waals surface area contributed by atoms with Crippen LogP contribution < -0.4 is 10.6 Å². The predicted molar refractivity (Wildman–Crippen MR) is 76.0 cm³/mol. The zero-order chi connectivity index (χ0) is 11.4. The molecule has 0 amide bonds. The highest BCUT2D eigenvalue weighted by molar-refractivity contribution is 14.1. The molecule has 2 rings (SSSR count). The maximum Gasteiger partial charge on any atom is 0.132 e. The van der Waals surface area contributed by atoms with Gasteiger partial charge in [0.05, 0.1) is 0 Å². The Morgan fingerprint density at radius 1 is 1.56 bits per heavy atom. The fourth-order valence-corrected chi connectivity index (χ4v) is 2.89. The quantitative estimate of drug-likeness (QED) is 0.649. The topological polar surface area (TPSA) is 37.0 Å². The van der Waals surface area contributed by atoms with Crippen LogP contribution in [0.3, 0.4) is 0 Å². The van der Waals surface area contributed by atoms with Crippen LogP contribution in [-0.4, -0.2) is 24.6 Å². The lowest BCUT2D eigenvalue weighted by Crippen LogP contribution is -2.33. The van der Waals surface area contributed by atoms with Crippen LogP contribution in [0, 0.1) is 9.49 Å². The first-order valence-electron chi connectivity index (χ1n) is 5.52. The number of anilines is 1. The van der Waals surface area contributed by atoms with Gasteiger partial charge in [-0.2, -0.15) is 0 Å². The average molecular weight is 352 g/mol. The van der Waals surface area contributed by atoms with Crippen molar-refractivity contribution in [2.24, 2.45) is 5.92 Å². The molecule has 0 aromatic carbocycles. The van der Waals surface area contributed by atoms with Crippen LogP contribution >= 0.6 is 34.2 Å². The SMILES string of the molecule is Clc1cc(I)cc(NCC2CCCNC2)n1. The first-order valence-corrected chi connectivity index (χ1v) is 6.97. The molecule has 0 bridgehead atoms. The van der Waals surface area contributed by atoms with E-state index in [1.165, 1.54) is 12.8 Å². The first kappa shape index (κ1) is 12.4. The Balaban J connectivity index is 1.88. The molecular weight excluding hydrogens is 336 g/mol. The van der Waals surface area contributed by atoms with Crippen LogP contribution in [0.2, 0.25) is 5.15 Å². The molecule has 1 unspecified atom stereocenters. The van der Waals surface area contributed by atoms with Crippen molar-refractivity contribution in [1.29, 1.82) is 0 Å². The maximum absolute atomic E-state index is 5.90. The largest absolute Gasteiger partial charge is 0.370 e. The number of nitrogens with zero attached hydrogens (tertiary/aromatic N) is 1. The van der Waals surface area contributed by atoms with Gasteiger partial charge >= 0.3 is 0 Å². The Morgan fingerprint density at radius 2 is 2.44 bits per heavy atom. The Morgan fingerprint density at radius 3 is 3.12 bits per heavy atom. The Labute approximate surface area is 114 Å². The van der Waals surface area contributed by atoms with Crippen LogP contribution in [0.5, 0.6) is 0 Å². The summed E-state index contributed by atoms with van der Waals surface area (Å²) in [5.41, 5.74) is 0. The minimum absolute atomic E-state index is 0.552. The lowest BCUT2D eigenvalue weighted by atomic mass is 10.00. The zero-order valence-electron chi connectivity index (χ0n) is 8.97. The van der Waals surface area contributed by atoms with Crippen molar-refractivity contribution in [3.05, 3.63) is 20.9 Å². The summed E-state index contributed by atoms with van der Waals surface area (Å²) in [6.45, 7) is 3.23. The van der Waals surface area contributed by atoms with E-state index >= 15 is 0 Å². The minimum Gasteiger partial charge on any atom is -0.370 e. The van der Waals surface area contributed by atoms with Crippen molar-refractivity contribution in [3.8, 4) is 0 Å². The monoisotopic (exact) mass is 351 g/mol. The summed E-state index contributed by atoms with van der Waals surface area (Å²) < 4.78 is 1.11. The van der Waals surface area contributed by atoms with Crippen LogP contribution in [0.4, 0.5) is 5.82 Å². The normalized spacial score (nSPS) is 20.8. The molecule has 1 aliphatic rings. The molecule has 0 aliphatic carbocycles. The van der Waals surface area contributed by atoms with Gasteiger partial charge in [0, 0.05) is 10.1 Å². The Kier molecular flexibility index (Phi) is 4.66. The highest BCUT2D eigenvalue weighted by Gasteiger charge is 2.12. The highest BCUT2D eigenvalue weighted by atomic mass is 127. The van der Waals surface area contributed by atoms with E-state index in [-0.39, 0.29) is 0 Å². The lowest BCUT2D eigenvalue weighted by molar-refractivity contribution is 0.392. The molecule has 5 heteroatoms. The predicted octanol–water partition coefficient (Wildman–Crippen LogP) is 2.75. The van der Waals surface area contributed by atoms with E-state index in [0.29, 0.717) is 11.1 Å². The third-order valence-corrected chi connectivity index (χ3v) is 3.55. The lowest BCUT2D eigenvalue weighted by Gasteiger charge is -2.23. The van der Waals surface area contributed by atoms with Crippen LogP contribution in [0.25, 0.3) is 0 Å². The molecule has 0 radical (unpaired) electrons. The molecular formula is C11H15ClIN3. The second kappa shape index (κ2) is 6.02. The third kappa shape index (κ3) is 3.75. The molecule has 1 fully saturated rings. The molecule has 88 valence electrons. The number of hydrogen-bond acceptors (Lipinski definition) is 3. The minimum atomic E-state index is 0.552. The van der Waals surface area contributed by atoms with Gasteiger partial charge in [0.1, 0.15) is 11.0 Å². The third-order valence-electron chi connectivity index (χ3n) is 2.73. The van der Waals surface area contributed by atoms with Crippen molar-refractivity contribution in [2.75, 3.05) is 25.0 Å². The van der Waals surface area contributed by atoms with Crippen molar-refractivity contribution < 1.29 is 0 Å². The summed E-state index contributed by atoms with van der Waals surface area (Å²) in [6.07, 6.45) is 2.56. The number of pyridine rings is 1. The molecule has 2 heterocycles. The second-order valence-corrected chi connectivity index (χ2v) is 5.72. The number of halogens is 2. The molecule has 1 aliphatic heterocycles. The van der Waals surface area contributed by atoms with Crippen molar-refractivity contribution in [3.63, 3.8) is 0 Å². The first-order chi connectivity index (χ1) is 7.74. The van der Waals surface area contributed by atoms with E-state index in [1.807, 2.05) is 12.1 Å². The Hall–Kier alpha value is -0.0700. The fraction of sp³-hybridized carbons (Fsp3) is 0.545. The summed E-state index contributed by atoms with van der Waals surface area (Å²) in [4.78, 5) is 4.25. The standard InChI is InChI=1S/C11H15ClIN3/c12-10-4-9(13)5-11(16-10)15-7-8-2-1-3-14-6-8/h4-5,8,14H,1-3,6-7H2,(H,15,16). The molecule has 0 spiro atoms. The van der Waals surface area contributed by atoms with E-state index in [9.17, 15) is 0 Å². The summed E-state index contributed by atoms with van der Waals surface area (Å²) in [6, 6.07) is 3.87. The van der Waals surface area contributed by atoms with Crippen LogP contribution in [0.1, 0.15) is 12.8 Å². The van der Waals surface area contributed by atoms with Crippen molar-refractivity contribution in [2.45, 2.75) is 12.8 Å². The maximum atomic E-state index is 5.90. The number of nitrogens with one attached hydrogen (secondary N) is 2. The number of hydrogen-bond donors (Lipinski definition) is 2. The van der Waals surface area contributed by atoms with E-state index < -0.39 is 0 Å². The second-order valence-electron chi connectivity index (χ2n) is 4.09. The van der Waals surface area contributed by atoms with Gasteiger partial charge in [-0.1, -0.05) is 11.6 Å². The van der Waals surface area contributed by atoms with Gasteiger partial charge in [-0.05, 0) is 66.6 Å². The summed E-state index contributed by atoms with van der Waals surface area (Å²) in [7, 11) is 0. The molecule has 3 nitrogen and oxygen atoms in total. The molecule has 2 N–H and O–H groups in total. The zero-order valence-corrected chi connectivity index (χ0v) is 11.9. The molecule has 1 aromatic rings. The van der Waals surface area contributed by atoms with Gasteiger partial charge in [0.15, 0.2) is 0 Å². The summed E-state index contributed by atoms with van der Waals surface area (Å²) >= 11 is 8.15. The molecule has 0 saturated carbocycles. The summed E-state index contributed by atoms with van der Waals surface area (Å²) in [5, 5.41) is 7.31. The summed E-state index contributed by atoms with van der Waals surface area (Å²) in [5.74, 6) is 1.58. The average Bonchev–Trinajstić information content (AvgIpc) is 2.27. The Bertz CT molecular complexity index is 333. The van der Waals surface area contributed by atoms with Crippen LogP contribution in [-0.2, 0) is 0 Å². The molecule has 1 atom stereocenters. The fourth-order valence-electron chi connectivity index (χ4n) is 1.90. The van der Waals surface area contributed by atoms with Gasteiger partial charge in [-0.15, -0.1) is 0 Å². The van der Waals surface area contributed by atoms with E-state index in [0.717, 1.165) is 29.0 Å². The van der Waals surface area contributed by atoms with E-state index in [2.05, 4.69) is 38.2 Å². The van der Waals surface area contributed by atoms with Gasteiger partial charge in [-0.25, -0.2) is 4.98 Å². The van der Waals surface area contributed by atoms with Gasteiger partial charge in [0.2, 0.25) is 0 Å². The van der Waals surface area contributed by atoms with Gasteiger partial charge in [0.25, 0.3) is 0 Å². The smallest absolute Gasteiger partial charge is 0.132 e. The number of piperidine rings is 1. The van der Waals surface area contributed by atoms with E-state index in [1.54, 1.807) is 0 Å². The molecule has 16 heavy (non-hydrogen) atoms. The van der Waals surface area contributed by atoms with Crippen molar-refractivity contribution in [1.82, 2.24) is 10.3 Å². The number of aromatic nitrogens is 1. The van der Waals surface area contributed by atoms with Crippen molar-refractivity contribution >= 4 is 40.0 Å². The van der Waals surface area contributed by atoms with E-state index in [4.69, 9.17) is 11.6 Å². The number of rotatable bonds is 3. The molecule has 1 aromatic heterocycles. The van der Waals surface area contributed by atoms with Gasteiger partial charge < -0.3 is 10.6 Å². The van der Waals surface area contributed by atoms with Gasteiger partial charge in [-0.3, -0.25) is 0 Å².